The van der Waals surface area contributed by atoms with E-state index in [1.807, 2.05) is 0 Å². The number of aliphatic carboxylic acids is 1. The predicted octanol–water partition coefficient (Wildman–Crippen LogP) is 2.59. The highest BCUT2D eigenvalue weighted by atomic mass is 19.3. The molecule has 1 saturated heterocycles. The predicted molar refractivity (Wildman–Crippen MR) is 52.5 cm³/mol. The number of hydrogen-bond acceptors (Lipinski definition) is 2. The van der Waals surface area contributed by atoms with Crippen molar-refractivity contribution in [3.63, 3.8) is 0 Å². The summed E-state index contributed by atoms with van der Waals surface area (Å²) in [7, 11) is 0. The Morgan fingerprint density at radius 1 is 1.19 bits per heavy atom. The fraction of sp³-hybridized carbons (Fsp3) is 0.909. The Labute approximate surface area is 92.8 Å². The zero-order chi connectivity index (χ0) is 11.8. The summed E-state index contributed by atoms with van der Waals surface area (Å²) in [6, 6.07) is 0. The second kappa shape index (κ2) is 3.95. The van der Waals surface area contributed by atoms with Crippen molar-refractivity contribution in [2.24, 2.45) is 0 Å². The average Bonchev–Trinajstić information content (AvgIpc) is 2.24. The van der Waals surface area contributed by atoms with Gasteiger partial charge in [0.1, 0.15) is 0 Å². The van der Waals surface area contributed by atoms with Gasteiger partial charge in [-0.05, 0) is 32.1 Å². The van der Waals surface area contributed by atoms with Crippen molar-refractivity contribution in [2.75, 3.05) is 0 Å². The van der Waals surface area contributed by atoms with E-state index in [1.165, 1.54) is 0 Å². The van der Waals surface area contributed by atoms with Crippen LogP contribution in [0.1, 0.15) is 44.9 Å². The summed E-state index contributed by atoms with van der Waals surface area (Å²) < 4.78 is 31.6. The molecule has 0 aromatic rings. The molecule has 92 valence electrons. The zero-order valence-corrected chi connectivity index (χ0v) is 9.05. The topological polar surface area (TPSA) is 46.5 Å². The second-order valence-electron chi connectivity index (χ2n) is 4.88. The van der Waals surface area contributed by atoms with Crippen LogP contribution >= 0.6 is 0 Å². The van der Waals surface area contributed by atoms with Crippen LogP contribution in [0.25, 0.3) is 0 Å². The van der Waals surface area contributed by atoms with Gasteiger partial charge in [0.15, 0.2) is 6.10 Å². The number of carboxylic acid groups (broad SMARTS) is 1. The quantitative estimate of drug-likeness (QED) is 0.758. The molecule has 1 N–H and O–H groups in total. The molecule has 16 heavy (non-hydrogen) atoms. The van der Waals surface area contributed by atoms with Crippen molar-refractivity contribution in [2.45, 2.75) is 62.6 Å². The van der Waals surface area contributed by atoms with Crippen molar-refractivity contribution >= 4 is 5.97 Å². The van der Waals surface area contributed by atoms with E-state index in [2.05, 4.69) is 0 Å². The summed E-state index contributed by atoms with van der Waals surface area (Å²) in [6.45, 7) is 0. The summed E-state index contributed by atoms with van der Waals surface area (Å²) in [5.74, 6) is -3.57. The maximum absolute atomic E-state index is 13.0. The lowest BCUT2D eigenvalue weighted by atomic mass is 9.77. The Kier molecular flexibility index (Phi) is 2.90. The molecule has 0 aromatic carbocycles. The smallest absolute Gasteiger partial charge is 0.332 e. The molecule has 1 unspecified atom stereocenters. The number of carbonyl (C=O) groups is 1. The summed E-state index contributed by atoms with van der Waals surface area (Å²) in [5, 5.41) is 8.88. The Bertz CT molecular complexity index is 281. The highest BCUT2D eigenvalue weighted by Crippen LogP contribution is 2.45. The van der Waals surface area contributed by atoms with Crippen molar-refractivity contribution in [1.29, 1.82) is 0 Å². The minimum absolute atomic E-state index is 0.181. The largest absolute Gasteiger partial charge is 0.479 e. The minimum atomic E-state index is -2.59. The van der Waals surface area contributed by atoms with Gasteiger partial charge in [0.2, 0.25) is 5.92 Å². The van der Waals surface area contributed by atoms with Gasteiger partial charge in [0.25, 0.3) is 0 Å². The first-order chi connectivity index (χ1) is 7.43. The number of rotatable bonds is 1. The first-order valence-electron chi connectivity index (χ1n) is 5.71. The third kappa shape index (κ3) is 2.34. The molecular weight excluding hydrogens is 218 g/mol. The van der Waals surface area contributed by atoms with E-state index >= 15 is 0 Å². The zero-order valence-electron chi connectivity index (χ0n) is 9.05. The SMILES string of the molecule is O=C(O)C1CCCC2(CCC(F)(F)CC2)O1. The molecule has 2 aliphatic rings. The minimum Gasteiger partial charge on any atom is -0.479 e. The fourth-order valence-electron chi connectivity index (χ4n) is 2.64. The number of carboxylic acids is 1. The van der Waals surface area contributed by atoms with Crippen molar-refractivity contribution in [1.82, 2.24) is 0 Å². The van der Waals surface area contributed by atoms with Crippen LogP contribution < -0.4 is 0 Å². The van der Waals surface area contributed by atoms with Crippen LogP contribution in [0.3, 0.4) is 0 Å². The van der Waals surface area contributed by atoms with E-state index in [9.17, 15) is 13.6 Å². The van der Waals surface area contributed by atoms with Gasteiger partial charge in [-0.15, -0.1) is 0 Å². The van der Waals surface area contributed by atoms with Gasteiger partial charge in [-0.2, -0.15) is 0 Å². The molecule has 0 radical (unpaired) electrons. The molecule has 1 saturated carbocycles. The summed E-state index contributed by atoms with van der Waals surface area (Å²) >= 11 is 0. The lowest BCUT2D eigenvalue weighted by Gasteiger charge is -2.44. The molecule has 1 aliphatic carbocycles. The molecule has 1 heterocycles. The number of ether oxygens (including phenoxy) is 1. The fourth-order valence-corrected chi connectivity index (χ4v) is 2.64. The maximum atomic E-state index is 13.0. The summed E-state index contributed by atoms with van der Waals surface area (Å²) in [4.78, 5) is 10.8. The Hall–Kier alpha value is -0.710. The van der Waals surface area contributed by atoms with Crippen LogP contribution in [0.2, 0.25) is 0 Å². The van der Waals surface area contributed by atoms with E-state index in [4.69, 9.17) is 9.84 Å². The van der Waals surface area contributed by atoms with Crippen molar-refractivity contribution < 1.29 is 23.4 Å². The van der Waals surface area contributed by atoms with Gasteiger partial charge in [-0.3, -0.25) is 0 Å². The van der Waals surface area contributed by atoms with Crippen LogP contribution in [0.4, 0.5) is 8.78 Å². The normalized spacial score (nSPS) is 32.5. The third-order valence-corrected chi connectivity index (χ3v) is 3.66. The van der Waals surface area contributed by atoms with Gasteiger partial charge in [-0.25, -0.2) is 13.6 Å². The number of hydrogen-bond donors (Lipinski definition) is 1. The lowest BCUT2D eigenvalue weighted by molar-refractivity contribution is -0.195. The number of halogens is 2. The van der Waals surface area contributed by atoms with Crippen LogP contribution in [-0.2, 0) is 9.53 Å². The van der Waals surface area contributed by atoms with Gasteiger partial charge in [-0.1, -0.05) is 0 Å². The first-order valence-corrected chi connectivity index (χ1v) is 5.71. The molecule has 0 aromatic heterocycles. The third-order valence-electron chi connectivity index (χ3n) is 3.66. The molecule has 2 fully saturated rings. The monoisotopic (exact) mass is 234 g/mol. The van der Waals surface area contributed by atoms with Crippen LogP contribution in [0.5, 0.6) is 0 Å². The van der Waals surface area contributed by atoms with E-state index in [0.717, 1.165) is 6.42 Å². The van der Waals surface area contributed by atoms with Gasteiger partial charge in [0.05, 0.1) is 5.60 Å². The Morgan fingerprint density at radius 2 is 1.81 bits per heavy atom. The van der Waals surface area contributed by atoms with Crippen LogP contribution in [-0.4, -0.2) is 28.7 Å². The molecule has 0 bridgehead atoms. The molecule has 1 atom stereocenters. The molecule has 5 heteroatoms. The van der Waals surface area contributed by atoms with E-state index in [1.54, 1.807) is 0 Å². The van der Waals surface area contributed by atoms with E-state index < -0.39 is 23.6 Å². The van der Waals surface area contributed by atoms with Crippen LogP contribution in [0, 0.1) is 0 Å². The molecule has 0 amide bonds. The molecule has 3 nitrogen and oxygen atoms in total. The van der Waals surface area contributed by atoms with E-state index in [-0.39, 0.29) is 25.7 Å². The number of alkyl halides is 2. The standard InChI is InChI=1S/C11H16F2O3/c12-11(13)6-4-10(5-7-11)3-1-2-8(16-10)9(14)15/h8H,1-7H2,(H,14,15). The lowest BCUT2D eigenvalue weighted by Crippen LogP contribution is -2.47. The molecular formula is C11H16F2O3. The Morgan fingerprint density at radius 3 is 2.38 bits per heavy atom. The van der Waals surface area contributed by atoms with Crippen molar-refractivity contribution in [3.8, 4) is 0 Å². The molecule has 2 rings (SSSR count). The van der Waals surface area contributed by atoms with Gasteiger partial charge >= 0.3 is 5.97 Å². The summed E-state index contributed by atoms with van der Waals surface area (Å²) in [5.41, 5.74) is -0.594. The molecule has 1 aliphatic heterocycles. The van der Waals surface area contributed by atoms with E-state index in [0.29, 0.717) is 12.8 Å². The summed E-state index contributed by atoms with van der Waals surface area (Å²) in [6.07, 6.45) is 1.36. The van der Waals surface area contributed by atoms with Gasteiger partial charge in [0, 0.05) is 12.8 Å². The molecule has 1 spiro atoms. The average molecular weight is 234 g/mol. The maximum Gasteiger partial charge on any atom is 0.332 e. The van der Waals surface area contributed by atoms with Crippen LogP contribution in [0.15, 0.2) is 0 Å². The highest BCUT2D eigenvalue weighted by Gasteiger charge is 2.47. The highest BCUT2D eigenvalue weighted by molar-refractivity contribution is 5.72. The van der Waals surface area contributed by atoms with Gasteiger partial charge < -0.3 is 9.84 Å². The first kappa shape index (κ1) is 11.8. The second-order valence-corrected chi connectivity index (χ2v) is 4.88. The van der Waals surface area contributed by atoms with Crippen molar-refractivity contribution in [3.05, 3.63) is 0 Å². The Balaban J connectivity index is 2.01.